The lowest BCUT2D eigenvalue weighted by molar-refractivity contribution is 0.502. The first-order chi connectivity index (χ1) is 6.98. The highest BCUT2D eigenvalue weighted by atomic mass is 16.4. The molecular weight excluding hydrogens is 200 g/mol. The fourth-order valence-corrected chi connectivity index (χ4v) is 1.58. The lowest BCUT2D eigenvalue weighted by Crippen LogP contribution is -2.21. The zero-order valence-corrected chi connectivity index (χ0v) is 9.20. The first-order valence-corrected chi connectivity index (χ1v) is 5.02. The Kier molecular flexibility index (Phi) is 3.22. The maximum Gasteiger partial charge on any atom is 0.339 e. The first-order valence-electron chi connectivity index (χ1n) is 5.02. The van der Waals surface area contributed by atoms with Gasteiger partial charge in [0.05, 0.1) is 0 Å². The monoisotopic (exact) mass is 218 g/mol. The minimum absolute atomic E-state index is 0. The van der Waals surface area contributed by atoms with E-state index in [0.717, 1.165) is 10.9 Å². The normalized spacial score (nSPS) is 11.2. The summed E-state index contributed by atoms with van der Waals surface area (Å²) in [7, 11) is 0. The summed E-state index contributed by atoms with van der Waals surface area (Å²) < 4.78 is 5.26. The van der Waals surface area contributed by atoms with Gasteiger partial charge in [-0.3, -0.25) is 0 Å². The molecule has 0 fully saturated rings. The Morgan fingerprint density at radius 1 is 1.12 bits per heavy atom. The van der Waals surface area contributed by atoms with Crippen LogP contribution in [0.15, 0.2) is 39.5 Å². The third-order valence-electron chi connectivity index (χ3n) is 2.45. The Morgan fingerprint density at radius 2 is 1.75 bits per heavy atom. The summed E-state index contributed by atoms with van der Waals surface area (Å²) in [5, 5.41) is 0.974. The van der Waals surface area contributed by atoms with Crippen molar-refractivity contribution in [2.45, 2.75) is 33.6 Å². The van der Waals surface area contributed by atoms with Crippen molar-refractivity contribution in [1.82, 2.24) is 0 Å². The molecule has 2 aromatic rings. The van der Waals surface area contributed by atoms with Crippen LogP contribution in [0.5, 0.6) is 0 Å². The van der Waals surface area contributed by atoms with Crippen LogP contribution in [0.2, 0.25) is 0 Å². The van der Waals surface area contributed by atoms with Crippen molar-refractivity contribution in [2.24, 2.45) is 0 Å². The predicted octanol–water partition coefficient (Wildman–Crippen LogP) is 3.73. The summed E-state index contributed by atoms with van der Waals surface area (Å²) >= 11 is 0. The highest BCUT2D eigenvalue weighted by Crippen LogP contribution is 2.22. The van der Waals surface area contributed by atoms with Crippen molar-refractivity contribution in [1.29, 1.82) is 0 Å². The molecule has 0 aliphatic rings. The van der Waals surface area contributed by atoms with E-state index in [1.807, 2.05) is 51.1 Å². The van der Waals surface area contributed by atoms with Crippen LogP contribution >= 0.6 is 0 Å². The van der Waals surface area contributed by atoms with Crippen LogP contribution < -0.4 is 5.63 Å². The van der Waals surface area contributed by atoms with E-state index >= 15 is 0 Å². The van der Waals surface area contributed by atoms with Gasteiger partial charge in [0, 0.05) is 10.9 Å². The van der Waals surface area contributed by atoms with Gasteiger partial charge in [0.25, 0.3) is 0 Å². The van der Waals surface area contributed by atoms with Gasteiger partial charge in [-0.15, -0.1) is 0 Å². The maximum atomic E-state index is 11.7. The quantitative estimate of drug-likeness (QED) is 0.631. The molecule has 0 saturated carbocycles. The van der Waals surface area contributed by atoms with Gasteiger partial charge >= 0.3 is 5.63 Å². The van der Waals surface area contributed by atoms with Gasteiger partial charge in [-0.05, 0) is 17.5 Å². The molecule has 16 heavy (non-hydrogen) atoms. The summed E-state index contributed by atoms with van der Waals surface area (Å²) in [5.74, 6) is 0. The van der Waals surface area contributed by atoms with E-state index in [9.17, 15) is 4.79 Å². The van der Waals surface area contributed by atoms with Crippen LogP contribution in [0.1, 0.15) is 33.8 Å². The van der Waals surface area contributed by atoms with Crippen LogP contribution in [-0.2, 0) is 5.41 Å². The van der Waals surface area contributed by atoms with Crippen LogP contribution in [-0.4, -0.2) is 0 Å². The molecule has 86 valence electrons. The van der Waals surface area contributed by atoms with Gasteiger partial charge in [0.15, 0.2) is 0 Å². The summed E-state index contributed by atoms with van der Waals surface area (Å²) in [6.07, 6.45) is 0. The number of hydrogen-bond acceptors (Lipinski definition) is 2. The molecule has 2 rings (SSSR count). The van der Waals surface area contributed by atoms with E-state index in [-0.39, 0.29) is 18.5 Å². The van der Waals surface area contributed by atoms with Gasteiger partial charge in [0.1, 0.15) is 5.58 Å². The smallest absolute Gasteiger partial charge is 0.339 e. The number of rotatable bonds is 0. The van der Waals surface area contributed by atoms with E-state index in [0.29, 0.717) is 5.58 Å². The summed E-state index contributed by atoms with van der Waals surface area (Å²) in [5.41, 5.74) is 0.961. The van der Waals surface area contributed by atoms with Crippen molar-refractivity contribution in [2.75, 3.05) is 0 Å². The highest BCUT2D eigenvalue weighted by molar-refractivity contribution is 5.76. The molecule has 0 bridgehead atoms. The molecule has 0 amide bonds. The zero-order chi connectivity index (χ0) is 11.1. The third kappa shape index (κ3) is 2.16. The first kappa shape index (κ1) is 12.5. The molecule has 0 aliphatic carbocycles. The fourth-order valence-electron chi connectivity index (χ4n) is 1.58. The van der Waals surface area contributed by atoms with E-state index in [4.69, 9.17) is 4.42 Å². The van der Waals surface area contributed by atoms with Crippen LogP contribution in [0.3, 0.4) is 0 Å². The van der Waals surface area contributed by atoms with Gasteiger partial charge in [-0.2, -0.15) is 0 Å². The largest absolute Gasteiger partial charge is 0.423 e. The minimum atomic E-state index is -0.235. The topological polar surface area (TPSA) is 30.2 Å². The van der Waals surface area contributed by atoms with E-state index in [1.165, 1.54) is 0 Å². The van der Waals surface area contributed by atoms with Gasteiger partial charge < -0.3 is 4.42 Å². The molecule has 2 heteroatoms. The molecule has 1 heterocycles. The average Bonchev–Trinajstić information content (AvgIpc) is 2.15. The SMILES string of the molecule is C.CC(C)(C)c1cc2ccccc2oc1=O. The summed E-state index contributed by atoms with van der Waals surface area (Å²) in [6.45, 7) is 6.02. The van der Waals surface area contributed by atoms with Gasteiger partial charge in [0.2, 0.25) is 0 Å². The Bertz CT molecular complexity index is 544. The number of para-hydroxylation sites is 1. The second-order valence-corrected chi connectivity index (χ2v) is 4.74. The third-order valence-corrected chi connectivity index (χ3v) is 2.45. The van der Waals surface area contributed by atoms with E-state index in [2.05, 4.69) is 0 Å². The molecule has 1 aromatic heterocycles. The van der Waals surface area contributed by atoms with Crippen LogP contribution in [0, 0.1) is 0 Å². The lowest BCUT2D eigenvalue weighted by Gasteiger charge is -2.17. The van der Waals surface area contributed by atoms with Gasteiger partial charge in [-0.25, -0.2) is 4.79 Å². The molecule has 1 aromatic carbocycles. The minimum Gasteiger partial charge on any atom is -0.423 e. The number of fused-ring (bicyclic) bond motifs is 1. The predicted molar refractivity (Wildman–Crippen MR) is 67.9 cm³/mol. The van der Waals surface area contributed by atoms with Crippen LogP contribution in [0.25, 0.3) is 11.0 Å². The van der Waals surface area contributed by atoms with Gasteiger partial charge in [-0.1, -0.05) is 46.4 Å². The highest BCUT2D eigenvalue weighted by Gasteiger charge is 2.19. The molecule has 0 saturated heterocycles. The number of benzene rings is 1. The molecule has 0 atom stereocenters. The van der Waals surface area contributed by atoms with Crippen molar-refractivity contribution in [3.05, 3.63) is 46.3 Å². The molecule has 2 nitrogen and oxygen atoms in total. The van der Waals surface area contributed by atoms with E-state index in [1.54, 1.807) is 0 Å². The Morgan fingerprint density at radius 3 is 2.38 bits per heavy atom. The standard InChI is InChI=1S/C13H14O2.CH4/c1-13(2,3)10-8-9-6-4-5-7-11(9)15-12(10)14;/h4-8H,1-3H3;1H4. The average molecular weight is 218 g/mol. The second kappa shape index (κ2) is 4.12. The Balaban J connectivity index is 0.00000128. The number of hydrogen-bond donors (Lipinski definition) is 0. The fraction of sp³-hybridized carbons (Fsp3) is 0.357. The molecule has 0 N–H and O–H groups in total. The maximum absolute atomic E-state index is 11.7. The van der Waals surface area contributed by atoms with Crippen LogP contribution in [0.4, 0.5) is 0 Å². The Labute approximate surface area is 95.9 Å². The van der Waals surface area contributed by atoms with Crippen molar-refractivity contribution in [3.63, 3.8) is 0 Å². The molecule has 0 spiro atoms. The molecular formula is C14H18O2. The summed E-state index contributed by atoms with van der Waals surface area (Å²) in [4.78, 5) is 11.7. The van der Waals surface area contributed by atoms with Crippen molar-refractivity contribution >= 4 is 11.0 Å². The van der Waals surface area contributed by atoms with Crippen molar-refractivity contribution in [3.8, 4) is 0 Å². The van der Waals surface area contributed by atoms with Crippen molar-refractivity contribution < 1.29 is 4.42 Å². The molecule has 0 unspecified atom stereocenters. The summed E-state index contributed by atoms with van der Waals surface area (Å²) in [6, 6.07) is 9.48. The second-order valence-electron chi connectivity index (χ2n) is 4.74. The molecule has 0 radical (unpaired) electrons. The molecule has 0 aliphatic heterocycles. The zero-order valence-electron chi connectivity index (χ0n) is 9.20. The van der Waals surface area contributed by atoms with E-state index < -0.39 is 0 Å². The lowest BCUT2D eigenvalue weighted by atomic mass is 9.88. The Hall–Kier alpha value is -1.57.